The number of benzene rings is 1. The van der Waals surface area contributed by atoms with E-state index in [2.05, 4.69) is 17.5 Å². The van der Waals surface area contributed by atoms with Gasteiger partial charge < -0.3 is 4.42 Å². The highest BCUT2D eigenvalue weighted by Crippen LogP contribution is 2.35. The topological polar surface area (TPSA) is 97.7 Å². The van der Waals surface area contributed by atoms with Crippen LogP contribution in [0.2, 0.25) is 5.02 Å². The number of hydrazone groups is 1. The quantitative estimate of drug-likeness (QED) is 0.405. The lowest BCUT2D eigenvalue weighted by Crippen LogP contribution is -2.16. The number of amides is 1. The smallest absolute Gasteiger partial charge is 0.400 e. The highest BCUT2D eigenvalue weighted by Gasteiger charge is 2.17. The SMILES string of the molecule is CCc1ccc2c(Cl)c(C(=O)N/N=C/c3ccc([N+](=O)[O-])o3)sc2c1. The van der Waals surface area contributed by atoms with Crippen LogP contribution in [0.15, 0.2) is 39.9 Å². The summed E-state index contributed by atoms with van der Waals surface area (Å²) in [6, 6.07) is 8.47. The summed E-state index contributed by atoms with van der Waals surface area (Å²) in [4.78, 5) is 22.5. The number of halogens is 1. The Hall–Kier alpha value is -2.71. The highest BCUT2D eigenvalue weighted by atomic mass is 35.5. The number of nitrogens with zero attached hydrogens (tertiary/aromatic N) is 2. The first-order chi connectivity index (χ1) is 12.0. The number of nitrogens with one attached hydrogen (secondary N) is 1. The van der Waals surface area contributed by atoms with E-state index in [1.165, 1.54) is 29.7 Å². The molecular weight excluding hydrogens is 366 g/mol. The number of furan rings is 1. The molecule has 0 saturated heterocycles. The molecule has 0 bridgehead atoms. The molecule has 0 aliphatic heterocycles. The van der Waals surface area contributed by atoms with Crippen LogP contribution in [0.4, 0.5) is 5.88 Å². The van der Waals surface area contributed by atoms with Gasteiger partial charge in [0.2, 0.25) is 0 Å². The second-order valence-electron chi connectivity index (χ2n) is 5.06. The summed E-state index contributed by atoms with van der Waals surface area (Å²) in [6.07, 6.45) is 2.08. The summed E-state index contributed by atoms with van der Waals surface area (Å²) in [6.45, 7) is 2.05. The Morgan fingerprint density at radius 3 is 2.92 bits per heavy atom. The highest BCUT2D eigenvalue weighted by molar-refractivity contribution is 7.21. The molecule has 0 spiro atoms. The molecule has 2 heterocycles. The minimum atomic E-state index is -0.655. The van der Waals surface area contributed by atoms with Gasteiger partial charge in [-0.2, -0.15) is 5.10 Å². The standard InChI is InChI=1S/C16H12ClN3O4S/c1-2-9-3-5-11-12(7-9)25-15(14(11)17)16(21)19-18-8-10-4-6-13(24-10)20(22)23/h3-8H,2H2,1H3,(H,19,21)/b18-8+. The molecular formula is C16H12ClN3O4S. The molecule has 0 unspecified atom stereocenters. The van der Waals surface area contributed by atoms with Crippen molar-refractivity contribution in [1.29, 1.82) is 0 Å². The van der Waals surface area contributed by atoms with Crippen LogP contribution < -0.4 is 5.43 Å². The Kier molecular flexibility index (Phi) is 4.82. The van der Waals surface area contributed by atoms with E-state index in [4.69, 9.17) is 16.0 Å². The van der Waals surface area contributed by atoms with Crippen molar-refractivity contribution < 1.29 is 14.1 Å². The Morgan fingerprint density at radius 1 is 1.44 bits per heavy atom. The lowest BCUT2D eigenvalue weighted by atomic mass is 10.1. The Balaban J connectivity index is 1.76. The van der Waals surface area contributed by atoms with Gasteiger partial charge in [0.1, 0.15) is 9.80 Å². The van der Waals surface area contributed by atoms with E-state index in [1.807, 2.05) is 18.2 Å². The van der Waals surface area contributed by atoms with Gasteiger partial charge in [-0.05, 0) is 24.1 Å². The third-order valence-corrected chi connectivity index (χ3v) is 5.11. The molecule has 25 heavy (non-hydrogen) atoms. The third-order valence-electron chi connectivity index (χ3n) is 3.46. The fourth-order valence-electron chi connectivity index (χ4n) is 2.19. The molecule has 3 rings (SSSR count). The number of carbonyl (C=O) groups excluding carboxylic acids is 1. The minimum Gasteiger partial charge on any atom is -0.400 e. The molecule has 9 heteroatoms. The summed E-state index contributed by atoms with van der Waals surface area (Å²) in [5, 5.41) is 15.5. The summed E-state index contributed by atoms with van der Waals surface area (Å²) in [5.74, 6) is -0.698. The van der Waals surface area contributed by atoms with Gasteiger partial charge in [0.05, 0.1) is 17.3 Å². The average molecular weight is 378 g/mol. The van der Waals surface area contributed by atoms with E-state index in [0.717, 1.165) is 22.1 Å². The first kappa shape index (κ1) is 17.1. The van der Waals surface area contributed by atoms with Crippen molar-refractivity contribution in [1.82, 2.24) is 5.43 Å². The number of nitro groups is 1. The van der Waals surface area contributed by atoms with Crippen LogP contribution in [-0.4, -0.2) is 17.0 Å². The van der Waals surface area contributed by atoms with Gasteiger partial charge in [-0.1, -0.05) is 30.7 Å². The maximum absolute atomic E-state index is 12.3. The molecule has 3 aromatic rings. The number of fused-ring (bicyclic) bond motifs is 1. The summed E-state index contributed by atoms with van der Waals surface area (Å²) < 4.78 is 5.84. The van der Waals surface area contributed by atoms with Crippen molar-refractivity contribution in [2.24, 2.45) is 5.10 Å². The van der Waals surface area contributed by atoms with Crippen LogP contribution in [0.25, 0.3) is 10.1 Å². The number of aryl methyl sites for hydroxylation is 1. The summed E-state index contributed by atoms with van der Waals surface area (Å²) >= 11 is 7.57. The van der Waals surface area contributed by atoms with E-state index in [-0.39, 0.29) is 5.76 Å². The van der Waals surface area contributed by atoms with Crippen LogP contribution >= 0.6 is 22.9 Å². The molecule has 1 aromatic carbocycles. The zero-order valence-electron chi connectivity index (χ0n) is 13.0. The van der Waals surface area contributed by atoms with E-state index >= 15 is 0 Å². The third kappa shape index (κ3) is 3.54. The van der Waals surface area contributed by atoms with Gasteiger partial charge in [0, 0.05) is 10.1 Å². The van der Waals surface area contributed by atoms with Gasteiger partial charge in [-0.25, -0.2) is 5.43 Å². The lowest BCUT2D eigenvalue weighted by molar-refractivity contribution is -0.402. The molecule has 0 saturated carbocycles. The van der Waals surface area contributed by atoms with Gasteiger partial charge in [0.15, 0.2) is 5.76 Å². The second-order valence-corrected chi connectivity index (χ2v) is 6.49. The summed E-state index contributed by atoms with van der Waals surface area (Å²) in [7, 11) is 0. The zero-order valence-corrected chi connectivity index (χ0v) is 14.6. The molecule has 128 valence electrons. The van der Waals surface area contributed by atoms with Crippen molar-refractivity contribution in [3.8, 4) is 0 Å². The van der Waals surface area contributed by atoms with Crippen LogP contribution in [0.5, 0.6) is 0 Å². The Bertz CT molecular complexity index is 993. The van der Waals surface area contributed by atoms with E-state index in [0.29, 0.717) is 9.90 Å². The molecule has 0 radical (unpaired) electrons. The number of thiophene rings is 1. The second kappa shape index (κ2) is 7.04. The van der Waals surface area contributed by atoms with Crippen LogP contribution in [-0.2, 0) is 6.42 Å². The summed E-state index contributed by atoms with van der Waals surface area (Å²) in [5.41, 5.74) is 3.50. The average Bonchev–Trinajstić information content (AvgIpc) is 3.19. The van der Waals surface area contributed by atoms with Crippen LogP contribution in [0, 0.1) is 10.1 Å². The minimum absolute atomic E-state index is 0.155. The fourth-order valence-corrected chi connectivity index (χ4v) is 3.66. The van der Waals surface area contributed by atoms with Crippen molar-refractivity contribution in [2.45, 2.75) is 13.3 Å². The molecule has 0 atom stereocenters. The molecule has 1 N–H and O–H groups in total. The Labute approximate surface area is 151 Å². The van der Waals surface area contributed by atoms with E-state index < -0.39 is 16.7 Å². The van der Waals surface area contributed by atoms with E-state index in [1.54, 1.807) is 0 Å². The van der Waals surface area contributed by atoms with Crippen molar-refractivity contribution in [2.75, 3.05) is 0 Å². The van der Waals surface area contributed by atoms with Gasteiger partial charge in [0.25, 0.3) is 5.91 Å². The molecule has 1 amide bonds. The first-order valence-corrected chi connectivity index (χ1v) is 8.47. The predicted octanol–water partition coefficient (Wildman–Crippen LogP) is 4.38. The predicted molar refractivity (Wildman–Crippen MR) is 96.6 cm³/mol. The van der Waals surface area contributed by atoms with Gasteiger partial charge >= 0.3 is 5.88 Å². The first-order valence-electron chi connectivity index (χ1n) is 7.28. The maximum atomic E-state index is 12.3. The van der Waals surface area contributed by atoms with Crippen molar-refractivity contribution in [3.63, 3.8) is 0 Å². The monoisotopic (exact) mass is 377 g/mol. The van der Waals surface area contributed by atoms with E-state index in [9.17, 15) is 14.9 Å². The van der Waals surface area contributed by atoms with Crippen LogP contribution in [0.3, 0.4) is 0 Å². The number of hydrogen-bond donors (Lipinski definition) is 1. The number of carbonyl (C=O) groups is 1. The van der Waals surface area contributed by atoms with Gasteiger partial charge in [-0.3, -0.25) is 14.9 Å². The van der Waals surface area contributed by atoms with Crippen molar-refractivity contribution >= 4 is 51.0 Å². The molecule has 2 aromatic heterocycles. The van der Waals surface area contributed by atoms with Crippen LogP contribution in [0.1, 0.15) is 27.9 Å². The number of hydrogen-bond acceptors (Lipinski definition) is 6. The van der Waals surface area contributed by atoms with Crippen molar-refractivity contribution in [3.05, 3.63) is 61.7 Å². The fraction of sp³-hybridized carbons (Fsp3) is 0.125. The van der Waals surface area contributed by atoms with Gasteiger partial charge in [-0.15, -0.1) is 11.3 Å². The zero-order chi connectivity index (χ0) is 18.0. The molecule has 0 fully saturated rings. The number of rotatable bonds is 5. The molecule has 0 aliphatic carbocycles. The largest absolute Gasteiger partial charge is 0.433 e. The lowest BCUT2D eigenvalue weighted by Gasteiger charge is -1.96. The molecule has 7 nitrogen and oxygen atoms in total. The molecule has 0 aliphatic rings. The maximum Gasteiger partial charge on any atom is 0.433 e. The Morgan fingerprint density at radius 2 is 2.24 bits per heavy atom. The normalized spacial score (nSPS) is 11.3.